The van der Waals surface area contributed by atoms with E-state index in [9.17, 15) is 0 Å². The molecule has 164 valence electrons. The normalized spacial score (nSPS) is 15.4. The van der Waals surface area contributed by atoms with E-state index < -0.39 is 0 Å². The van der Waals surface area contributed by atoms with E-state index in [1.807, 2.05) is 28.8 Å². The van der Waals surface area contributed by atoms with E-state index in [0.29, 0.717) is 6.54 Å². The minimum Gasteiger partial charge on any atom is -0.369 e. The van der Waals surface area contributed by atoms with Gasteiger partial charge in [0.1, 0.15) is 0 Å². The van der Waals surface area contributed by atoms with Crippen LogP contribution in [0.25, 0.3) is 5.65 Å². The van der Waals surface area contributed by atoms with Crippen molar-refractivity contribution < 1.29 is 0 Å². The monoisotopic (exact) mass is 420 g/mol. The highest BCUT2D eigenvalue weighted by Gasteiger charge is 2.16. The Labute approximate surface area is 184 Å². The number of anilines is 1. The molecule has 4 rings (SSSR count). The Morgan fingerprint density at radius 2 is 1.90 bits per heavy atom. The van der Waals surface area contributed by atoms with Crippen molar-refractivity contribution in [3.63, 3.8) is 0 Å². The van der Waals surface area contributed by atoms with Crippen molar-refractivity contribution in [3.05, 3.63) is 60.0 Å². The zero-order chi connectivity index (χ0) is 21.5. The summed E-state index contributed by atoms with van der Waals surface area (Å²) in [4.78, 5) is 9.36. The van der Waals surface area contributed by atoms with Gasteiger partial charge in [-0.05, 0) is 49.7 Å². The molecule has 0 spiro atoms. The molecular formula is C23H32N8. The van der Waals surface area contributed by atoms with Crippen LogP contribution in [0.4, 0.5) is 5.69 Å². The maximum absolute atomic E-state index is 4.32. The van der Waals surface area contributed by atoms with Gasteiger partial charge in [0.25, 0.3) is 0 Å². The first-order valence-corrected chi connectivity index (χ1v) is 11.0. The average molecular weight is 421 g/mol. The predicted molar refractivity (Wildman–Crippen MR) is 126 cm³/mol. The summed E-state index contributed by atoms with van der Waals surface area (Å²) in [6, 6.07) is 14.7. The van der Waals surface area contributed by atoms with Crippen LogP contribution in [0.5, 0.6) is 0 Å². The number of fused-ring (bicyclic) bond motifs is 1. The Bertz CT molecular complexity index is 1000. The summed E-state index contributed by atoms with van der Waals surface area (Å²) in [5.41, 5.74) is 3.52. The van der Waals surface area contributed by atoms with Gasteiger partial charge < -0.3 is 15.5 Å². The highest BCUT2D eigenvalue weighted by atomic mass is 15.3. The lowest BCUT2D eigenvalue weighted by atomic mass is 10.2. The van der Waals surface area contributed by atoms with E-state index in [1.54, 1.807) is 7.05 Å². The van der Waals surface area contributed by atoms with Crippen LogP contribution < -0.4 is 15.5 Å². The van der Waals surface area contributed by atoms with Crippen LogP contribution in [0.1, 0.15) is 17.8 Å². The third kappa shape index (κ3) is 5.52. The Kier molecular flexibility index (Phi) is 6.99. The molecule has 1 aliphatic heterocycles. The molecule has 3 aromatic rings. The van der Waals surface area contributed by atoms with Gasteiger partial charge >= 0.3 is 0 Å². The number of nitrogens with one attached hydrogen (secondary N) is 2. The summed E-state index contributed by atoms with van der Waals surface area (Å²) >= 11 is 0. The number of rotatable bonds is 7. The van der Waals surface area contributed by atoms with Crippen LogP contribution in [0, 0.1) is 6.92 Å². The third-order valence-electron chi connectivity index (χ3n) is 5.70. The Morgan fingerprint density at radius 1 is 1.03 bits per heavy atom. The number of aryl methyl sites for hydroxylation is 1. The molecule has 8 heteroatoms. The molecule has 1 aromatic carbocycles. The molecule has 0 aliphatic carbocycles. The van der Waals surface area contributed by atoms with Gasteiger partial charge in [-0.1, -0.05) is 18.2 Å². The van der Waals surface area contributed by atoms with E-state index in [-0.39, 0.29) is 0 Å². The van der Waals surface area contributed by atoms with Gasteiger partial charge in [-0.2, -0.15) is 0 Å². The van der Waals surface area contributed by atoms with Crippen molar-refractivity contribution in [2.75, 3.05) is 51.2 Å². The maximum atomic E-state index is 4.32. The lowest BCUT2D eigenvalue weighted by Gasteiger charge is -2.36. The number of piperazine rings is 1. The van der Waals surface area contributed by atoms with Gasteiger partial charge in [-0.3, -0.25) is 14.3 Å². The van der Waals surface area contributed by atoms with Crippen LogP contribution in [-0.2, 0) is 6.54 Å². The largest absolute Gasteiger partial charge is 0.369 e. The van der Waals surface area contributed by atoms with E-state index in [4.69, 9.17) is 0 Å². The number of pyridine rings is 1. The summed E-state index contributed by atoms with van der Waals surface area (Å²) in [6.45, 7) is 9.12. The molecule has 0 atom stereocenters. The molecule has 31 heavy (non-hydrogen) atoms. The molecule has 2 N–H and O–H groups in total. The topological polar surface area (TPSA) is 73.1 Å². The number of guanidine groups is 1. The molecule has 8 nitrogen and oxygen atoms in total. The predicted octanol–water partition coefficient (Wildman–Crippen LogP) is 1.92. The number of benzene rings is 1. The van der Waals surface area contributed by atoms with Crippen LogP contribution in [0.15, 0.2) is 53.7 Å². The van der Waals surface area contributed by atoms with Crippen molar-refractivity contribution >= 4 is 17.3 Å². The minimum atomic E-state index is 0.575. The van der Waals surface area contributed by atoms with Crippen LogP contribution in [0.3, 0.4) is 0 Å². The van der Waals surface area contributed by atoms with E-state index in [0.717, 1.165) is 63.1 Å². The molecule has 0 radical (unpaired) electrons. The van der Waals surface area contributed by atoms with Gasteiger partial charge in [0.2, 0.25) is 0 Å². The van der Waals surface area contributed by atoms with Gasteiger partial charge in [0.15, 0.2) is 17.4 Å². The van der Waals surface area contributed by atoms with Gasteiger partial charge in [-0.25, -0.2) is 0 Å². The summed E-state index contributed by atoms with van der Waals surface area (Å²) in [6.07, 6.45) is 3.06. The Balaban J connectivity index is 1.15. The van der Waals surface area contributed by atoms with Crippen molar-refractivity contribution in [1.82, 2.24) is 30.1 Å². The lowest BCUT2D eigenvalue weighted by Crippen LogP contribution is -2.47. The fourth-order valence-electron chi connectivity index (χ4n) is 3.96. The fraction of sp³-hybridized carbons (Fsp3) is 0.435. The van der Waals surface area contributed by atoms with Crippen molar-refractivity contribution in [3.8, 4) is 0 Å². The molecule has 0 unspecified atom stereocenters. The first-order chi connectivity index (χ1) is 15.2. The first-order valence-electron chi connectivity index (χ1n) is 11.0. The second kappa shape index (κ2) is 10.3. The van der Waals surface area contributed by atoms with Crippen LogP contribution >= 0.6 is 0 Å². The summed E-state index contributed by atoms with van der Waals surface area (Å²) in [5.74, 6) is 1.65. The average Bonchev–Trinajstić information content (AvgIpc) is 3.22. The molecule has 1 fully saturated rings. The fourth-order valence-corrected chi connectivity index (χ4v) is 3.96. The van der Waals surface area contributed by atoms with Crippen molar-refractivity contribution in [2.45, 2.75) is 19.9 Å². The number of hydrogen-bond donors (Lipinski definition) is 2. The van der Waals surface area contributed by atoms with Crippen molar-refractivity contribution in [2.24, 2.45) is 4.99 Å². The van der Waals surface area contributed by atoms with Gasteiger partial charge in [0.05, 0.1) is 6.54 Å². The molecule has 3 heterocycles. The molecule has 1 saturated heterocycles. The lowest BCUT2D eigenvalue weighted by molar-refractivity contribution is 0.255. The molecule has 0 saturated carbocycles. The number of hydrogen-bond acceptors (Lipinski definition) is 5. The highest BCUT2D eigenvalue weighted by Crippen LogP contribution is 2.17. The smallest absolute Gasteiger partial charge is 0.191 e. The number of nitrogens with zero attached hydrogens (tertiary/aromatic N) is 6. The molecule has 2 aromatic heterocycles. The van der Waals surface area contributed by atoms with Crippen LogP contribution in [0.2, 0.25) is 0 Å². The van der Waals surface area contributed by atoms with Crippen molar-refractivity contribution in [1.29, 1.82) is 0 Å². The maximum Gasteiger partial charge on any atom is 0.191 e. The summed E-state index contributed by atoms with van der Waals surface area (Å²) in [7, 11) is 1.79. The van der Waals surface area contributed by atoms with E-state index >= 15 is 0 Å². The van der Waals surface area contributed by atoms with Crippen LogP contribution in [-0.4, -0.2) is 71.8 Å². The quantitative estimate of drug-likeness (QED) is 0.346. The Morgan fingerprint density at radius 3 is 2.71 bits per heavy atom. The molecule has 1 aliphatic rings. The van der Waals surface area contributed by atoms with E-state index in [2.05, 4.69) is 66.8 Å². The number of aromatic nitrogens is 3. The first kappa shape index (κ1) is 21.1. The zero-order valence-corrected chi connectivity index (χ0v) is 18.5. The molecular weight excluding hydrogens is 388 g/mol. The minimum absolute atomic E-state index is 0.575. The Hall–Kier alpha value is -3.13. The summed E-state index contributed by atoms with van der Waals surface area (Å²) in [5, 5.41) is 15.2. The van der Waals surface area contributed by atoms with Gasteiger partial charge in [-0.15, -0.1) is 10.2 Å². The second-order valence-corrected chi connectivity index (χ2v) is 7.92. The second-order valence-electron chi connectivity index (χ2n) is 7.92. The zero-order valence-electron chi connectivity index (χ0n) is 18.5. The standard InChI is InChI=1S/C23H32N8/c1-19-7-5-8-20(17-19)30-15-13-29(14-16-30)11-6-10-25-23(24-2)26-18-22-28-27-21-9-3-4-12-31(21)22/h3-5,7-9,12,17H,6,10-11,13-16,18H2,1-2H3,(H2,24,25,26). The number of aliphatic imine (C=N–C) groups is 1. The summed E-state index contributed by atoms with van der Waals surface area (Å²) < 4.78 is 1.98. The molecule has 0 amide bonds. The van der Waals surface area contributed by atoms with E-state index in [1.165, 1.54) is 11.3 Å². The van der Waals surface area contributed by atoms with Gasteiger partial charge in [0, 0.05) is 51.7 Å². The third-order valence-corrected chi connectivity index (χ3v) is 5.70. The SMILES string of the molecule is CN=C(NCCCN1CCN(c2cccc(C)c2)CC1)NCc1nnc2ccccn12. The highest BCUT2D eigenvalue weighted by molar-refractivity contribution is 5.79. The molecule has 0 bridgehead atoms.